The van der Waals surface area contributed by atoms with E-state index < -0.39 is 0 Å². The third kappa shape index (κ3) is 5.52. The average Bonchev–Trinajstić information content (AvgIpc) is 2.28. The number of aliphatic hydroxyl groups excluding tert-OH is 1. The predicted octanol–water partition coefficient (Wildman–Crippen LogP) is 2.58. The van der Waals surface area contributed by atoms with Crippen molar-refractivity contribution in [2.75, 3.05) is 13.7 Å². The van der Waals surface area contributed by atoms with Gasteiger partial charge in [0.05, 0.1) is 13.2 Å². The first-order valence-corrected chi connectivity index (χ1v) is 6.45. The fourth-order valence-electron chi connectivity index (χ4n) is 2.16. The molecule has 1 atom stereocenters. The quantitative estimate of drug-likeness (QED) is 0.782. The summed E-state index contributed by atoms with van der Waals surface area (Å²) in [6.45, 7) is 7.91. The van der Waals surface area contributed by atoms with E-state index in [-0.39, 0.29) is 11.5 Å². The molecule has 0 aliphatic rings. The van der Waals surface area contributed by atoms with Gasteiger partial charge in [0, 0.05) is 13.1 Å². The van der Waals surface area contributed by atoms with Gasteiger partial charge >= 0.3 is 0 Å². The first-order chi connectivity index (χ1) is 8.43. The molecule has 102 valence electrons. The van der Waals surface area contributed by atoms with E-state index in [2.05, 4.69) is 31.3 Å². The summed E-state index contributed by atoms with van der Waals surface area (Å²) in [7, 11) is 1.67. The minimum atomic E-state index is -0.247. The Morgan fingerprint density at radius 3 is 2.39 bits per heavy atom. The number of methoxy groups -OCH3 is 1. The summed E-state index contributed by atoms with van der Waals surface area (Å²) in [5.41, 5.74) is 1.35. The largest absolute Gasteiger partial charge is 0.497 e. The topological polar surface area (TPSA) is 41.5 Å². The lowest BCUT2D eigenvalue weighted by atomic mass is 9.87. The van der Waals surface area contributed by atoms with E-state index >= 15 is 0 Å². The van der Waals surface area contributed by atoms with Crippen LogP contribution in [0.15, 0.2) is 24.3 Å². The standard InChI is InChI=1S/C15H25NO2/c1-12(17)9-15(2,3)11-16-10-13-5-7-14(18-4)8-6-13/h5-8,12,16-17H,9-11H2,1-4H3. The summed E-state index contributed by atoms with van der Waals surface area (Å²) in [6.07, 6.45) is 0.561. The summed E-state index contributed by atoms with van der Waals surface area (Å²) >= 11 is 0. The molecule has 18 heavy (non-hydrogen) atoms. The first-order valence-electron chi connectivity index (χ1n) is 6.45. The van der Waals surface area contributed by atoms with Crippen molar-refractivity contribution < 1.29 is 9.84 Å². The maximum atomic E-state index is 9.42. The zero-order chi connectivity index (χ0) is 13.6. The van der Waals surface area contributed by atoms with Crippen LogP contribution in [0.4, 0.5) is 0 Å². The summed E-state index contributed by atoms with van der Waals surface area (Å²) in [5.74, 6) is 0.883. The van der Waals surface area contributed by atoms with Crippen LogP contribution in [0, 0.1) is 5.41 Å². The van der Waals surface area contributed by atoms with Crippen LogP contribution in [0.2, 0.25) is 0 Å². The van der Waals surface area contributed by atoms with Gasteiger partial charge in [0.15, 0.2) is 0 Å². The highest BCUT2D eigenvalue weighted by Crippen LogP contribution is 2.21. The summed E-state index contributed by atoms with van der Waals surface area (Å²) in [6, 6.07) is 8.07. The molecule has 0 heterocycles. The smallest absolute Gasteiger partial charge is 0.118 e. The summed E-state index contributed by atoms with van der Waals surface area (Å²) in [5, 5.41) is 12.9. The first kappa shape index (κ1) is 15.0. The molecule has 1 unspecified atom stereocenters. The third-order valence-electron chi connectivity index (χ3n) is 2.94. The molecule has 0 aliphatic carbocycles. The van der Waals surface area contributed by atoms with Gasteiger partial charge in [-0.2, -0.15) is 0 Å². The van der Waals surface area contributed by atoms with Crippen LogP contribution in [-0.2, 0) is 6.54 Å². The van der Waals surface area contributed by atoms with Crippen LogP contribution in [0.3, 0.4) is 0 Å². The molecule has 0 spiro atoms. The van der Waals surface area contributed by atoms with E-state index in [1.54, 1.807) is 7.11 Å². The van der Waals surface area contributed by atoms with Crippen LogP contribution >= 0.6 is 0 Å². The zero-order valence-electron chi connectivity index (χ0n) is 11.9. The number of rotatable bonds is 7. The molecule has 0 saturated carbocycles. The fourth-order valence-corrected chi connectivity index (χ4v) is 2.16. The molecule has 0 radical (unpaired) electrons. The van der Waals surface area contributed by atoms with Gasteiger partial charge in [-0.15, -0.1) is 0 Å². The van der Waals surface area contributed by atoms with Crippen molar-refractivity contribution in [3.63, 3.8) is 0 Å². The Kier molecular flexibility index (Phi) is 5.63. The predicted molar refractivity (Wildman–Crippen MR) is 74.8 cm³/mol. The Morgan fingerprint density at radius 1 is 1.28 bits per heavy atom. The van der Waals surface area contributed by atoms with Crippen LogP contribution in [0.25, 0.3) is 0 Å². The van der Waals surface area contributed by atoms with Gasteiger partial charge in [-0.25, -0.2) is 0 Å². The monoisotopic (exact) mass is 251 g/mol. The average molecular weight is 251 g/mol. The lowest BCUT2D eigenvalue weighted by Gasteiger charge is -2.26. The molecule has 3 heteroatoms. The van der Waals surface area contributed by atoms with Crippen molar-refractivity contribution in [1.82, 2.24) is 5.32 Å². The Morgan fingerprint density at radius 2 is 1.89 bits per heavy atom. The highest BCUT2D eigenvalue weighted by atomic mass is 16.5. The second-order valence-corrected chi connectivity index (χ2v) is 5.67. The van der Waals surface area contributed by atoms with Gasteiger partial charge in [-0.3, -0.25) is 0 Å². The number of aliphatic hydroxyl groups is 1. The van der Waals surface area contributed by atoms with Gasteiger partial charge in [0.1, 0.15) is 5.75 Å². The Labute approximate surface area is 110 Å². The van der Waals surface area contributed by atoms with E-state index in [1.807, 2.05) is 19.1 Å². The number of hydrogen-bond acceptors (Lipinski definition) is 3. The van der Waals surface area contributed by atoms with Crippen molar-refractivity contribution in [2.24, 2.45) is 5.41 Å². The molecule has 0 aromatic heterocycles. The third-order valence-corrected chi connectivity index (χ3v) is 2.94. The van der Waals surface area contributed by atoms with Gasteiger partial charge in [0.25, 0.3) is 0 Å². The molecule has 0 fully saturated rings. The molecular weight excluding hydrogens is 226 g/mol. The fraction of sp³-hybridized carbons (Fsp3) is 0.600. The van der Waals surface area contributed by atoms with Crippen molar-refractivity contribution >= 4 is 0 Å². The number of hydrogen-bond donors (Lipinski definition) is 2. The van der Waals surface area contributed by atoms with Crippen LogP contribution in [0.1, 0.15) is 32.8 Å². The summed E-state index contributed by atoms with van der Waals surface area (Å²) in [4.78, 5) is 0. The zero-order valence-corrected chi connectivity index (χ0v) is 11.9. The molecule has 0 aliphatic heterocycles. The normalized spacial score (nSPS) is 13.4. The minimum absolute atomic E-state index is 0.112. The van der Waals surface area contributed by atoms with Crippen molar-refractivity contribution in [1.29, 1.82) is 0 Å². The second kappa shape index (κ2) is 6.76. The molecule has 1 aromatic rings. The highest BCUT2D eigenvalue weighted by molar-refractivity contribution is 5.26. The Hall–Kier alpha value is -1.06. The van der Waals surface area contributed by atoms with E-state index in [9.17, 15) is 5.11 Å². The molecule has 0 amide bonds. The lowest BCUT2D eigenvalue weighted by molar-refractivity contribution is 0.128. The molecule has 1 aromatic carbocycles. The van der Waals surface area contributed by atoms with Crippen molar-refractivity contribution in [3.8, 4) is 5.75 Å². The van der Waals surface area contributed by atoms with E-state index in [0.717, 1.165) is 25.3 Å². The van der Waals surface area contributed by atoms with E-state index in [4.69, 9.17) is 4.74 Å². The Bertz CT molecular complexity index is 344. The SMILES string of the molecule is COc1ccc(CNCC(C)(C)CC(C)O)cc1. The molecule has 1 rings (SSSR count). The maximum Gasteiger partial charge on any atom is 0.118 e. The van der Waals surface area contributed by atoms with E-state index in [0.29, 0.717) is 0 Å². The minimum Gasteiger partial charge on any atom is -0.497 e. The van der Waals surface area contributed by atoms with Gasteiger partial charge in [0.2, 0.25) is 0 Å². The molecule has 0 saturated heterocycles. The number of benzene rings is 1. The molecular formula is C15H25NO2. The van der Waals surface area contributed by atoms with Gasteiger partial charge < -0.3 is 15.2 Å². The summed E-state index contributed by atoms with van der Waals surface area (Å²) < 4.78 is 5.12. The van der Waals surface area contributed by atoms with Gasteiger partial charge in [-0.1, -0.05) is 26.0 Å². The van der Waals surface area contributed by atoms with Crippen LogP contribution < -0.4 is 10.1 Å². The Balaban J connectivity index is 2.36. The second-order valence-electron chi connectivity index (χ2n) is 5.67. The molecule has 0 bridgehead atoms. The number of nitrogens with one attached hydrogen (secondary N) is 1. The van der Waals surface area contributed by atoms with Crippen molar-refractivity contribution in [2.45, 2.75) is 39.8 Å². The van der Waals surface area contributed by atoms with Crippen molar-refractivity contribution in [3.05, 3.63) is 29.8 Å². The highest BCUT2D eigenvalue weighted by Gasteiger charge is 2.19. The molecule has 3 nitrogen and oxygen atoms in total. The van der Waals surface area contributed by atoms with E-state index in [1.165, 1.54) is 5.56 Å². The number of ether oxygens (including phenoxy) is 1. The van der Waals surface area contributed by atoms with Crippen LogP contribution in [-0.4, -0.2) is 24.9 Å². The maximum absolute atomic E-state index is 9.42. The van der Waals surface area contributed by atoms with Gasteiger partial charge in [-0.05, 0) is 36.5 Å². The van der Waals surface area contributed by atoms with Crippen LogP contribution in [0.5, 0.6) is 5.75 Å². The molecule has 2 N–H and O–H groups in total. The lowest BCUT2D eigenvalue weighted by Crippen LogP contribution is -2.31.